The van der Waals surface area contributed by atoms with Crippen LogP contribution in [-0.4, -0.2) is 25.1 Å². The van der Waals surface area contributed by atoms with Crippen LogP contribution >= 0.6 is 0 Å². The van der Waals surface area contributed by atoms with Gasteiger partial charge in [-0.3, -0.25) is 4.79 Å². The molecule has 4 aromatic rings. The van der Waals surface area contributed by atoms with Gasteiger partial charge < -0.3 is 5.32 Å². The largest absolute Gasteiger partial charge is 0.352 e. The van der Waals surface area contributed by atoms with E-state index >= 15 is 0 Å². The van der Waals surface area contributed by atoms with Crippen LogP contribution in [0.1, 0.15) is 25.3 Å². The van der Waals surface area contributed by atoms with Crippen molar-refractivity contribution in [2.75, 3.05) is 5.32 Å². The van der Waals surface area contributed by atoms with E-state index in [1.165, 1.54) is 34.5 Å². The monoisotopic (exact) mass is 393 g/mol. The van der Waals surface area contributed by atoms with Gasteiger partial charge in [0.15, 0.2) is 5.65 Å². The number of anilines is 1. The first kappa shape index (κ1) is 18.8. The summed E-state index contributed by atoms with van der Waals surface area (Å²) in [4.78, 5) is 29.0. The molecule has 0 bridgehead atoms. The van der Waals surface area contributed by atoms with Crippen molar-refractivity contribution in [3.05, 3.63) is 70.7 Å². The van der Waals surface area contributed by atoms with E-state index in [1.54, 1.807) is 0 Å². The quantitative estimate of drug-likeness (QED) is 0.546. The van der Waals surface area contributed by atoms with Crippen LogP contribution in [0.25, 0.3) is 16.6 Å². The van der Waals surface area contributed by atoms with E-state index in [0.29, 0.717) is 22.2 Å². The Balaban J connectivity index is 1.54. The summed E-state index contributed by atoms with van der Waals surface area (Å²) < 4.78 is 15.7. The highest BCUT2D eigenvalue weighted by Gasteiger charge is 2.14. The van der Waals surface area contributed by atoms with E-state index in [-0.39, 0.29) is 12.5 Å². The molecular weight excluding hydrogens is 373 g/mol. The molecule has 2 aromatic heterocycles. The average molecular weight is 393 g/mol. The average Bonchev–Trinajstić information content (AvgIpc) is 3.03. The Bertz CT molecular complexity index is 1240. The second-order valence-corrected chi connectivity index (χ2v) is 6.89. The molecule has 0 aliphatic rings. The molecule has 0 unspecified atom stereocenters. The first-order valence-electron chi connectivity index (χ1n) is 9.47. The lowest BCUT2D eigenvalue weighted by Crippen LogP contribution is -2.28. The molecule has 2 heterocycles. The lowest BCUT2D eigenvalue weighted by molar-refractivity contribution is -0.117. The summed E-state index contributed by atoms with van der Waals surface area (Å²) in [6, 6.07) is 11.7. The molecule has 0 aliphatic heterocycles. The van der Waals surface area contributed by atoms with Crippen LogP contribution in [0.15, 0.2) is 53.6 Å². The Hall–Kier alpha value is -3.55. The number of hydrogen-bond acceptors (Lipinski definition) is 4. The number of unbranched alkanes of at least 4 members (excludes halogenated alkanes) is 1. The molecule has 148 valence electrons. The minimum absolute atomic E-state index is 0.235. The standard InChI is InChI=1S/C21H20FN5O2/c1-2-3-4-14-5-8-16(9-6-14)24-19(28)12-27-21(29)26-13-23-18-11-15(22)7-10-17(18)20(26)25-27/h5-11,13H,2-4,12H2,1H3,(H,24,28). The minimum atomic E-state index is -0.483. The SMILES string of the molecule is CCCCc1ccc(NC(=O)Cn2nc3c4ccc(F)cc4ncn3c2=O)cc1. The molecule has 0 atom stereocenters. The molecular formula is C21H20FN5O2. The second kappa shape index (κ2) is 7.83. The minimum Gasteiger partial charge on any atom is -0.324 e. The number of halogens is 1. The van der Waals surface area contributed by atoms with Crippen molar-refractivity contribution < 1.29 is 9.18 Å². The number of aromatic nitrogens is 4. The highest BCUT2D eigenvalue weighted by atomic mass is 19.1. The fraction of sp³-hybridized carbons (Fsp3) is 0.238. The van der Waals surface area contributed by atoms with Gasteiger partial charge in [0.25, 0.3) is 0 Å². The van der Waals surface area contributed by atoms with E-state index < -0.39 is 11.5 Å². The fourth-order valence-electron chi connectivity index (χ4n) is 3.20. The molecule has 1 N–H and O–H groups in total. The molecule has 0 aliphatic carbocycles. The summed E-state index contributed by atoms with van der Waals surface area (Å²) >= 11 is 0. The molecule has 0 radical (unpaired) electrons. The van der Waals surface area contributed by atoms with Gasteiger partial charge in [-0.1, -0.05) is 25.5 Å². The Morgan fingerprint density at radius 3 is 2.72 bits per heavy atom. The molecule has 1 amide bonds. The van der Waals surface area contributed by atoms with Crippen LogP contribution in [0, 0.1) is 5.82 Å². The first-order valence-corrected chi connectivity index (χ1v) is 9.47. The first-order chi connectivity index (χ1) is 14.0. The van der Waals surface area contributed by atoms with Crippen molar-refractivity contribution in [1.29, 1.82) is 0 Å². The number of fused-ring (bicyclic) bond motifs is 3. The number of hydrogen-bond donors (Lipinski definition) is 1. The number of carbonyl (C=O) groups is 1. The lowest BCUT2D eigenvalue weighted by atomic mass is 10.1. The van der Waals surface area contributed by atoms with Crippen molar-refractivity contribution in [3.8, 4) is 0 Å². The molecule has 29 heavy (non-hydrogen) atoms. The van der Waals surface area contributed by atoms with E-state index in [2.05, 4.69) is 22.3 Å². The summed E-state index contributed by atoms with van der Waals surface area (Å²) in [6.07, 6.45) is 4.55. The van der Waals surface area contributed by atoms with Crippen LogP contribution in [0.5, 0.6) is 0 Å². The molecule has 0 saturated carbocycles. The summed E-state index contributed by atoms with van der Waals surface area (Å²) in [5.74, 6) is -0.781. The Labute approximate surface area is 165 Å². The van der Waals surface area contributed by atoms with E-state index in [9.17, 15) is 14.0 Å². The Kier molecular flexibility index (Phi) is 5.07. The zero-order valence-electron chi connectivity index (χ0n) is 15.9. The van der Waals surface area contributed by atoms with Gasteiger partial charge >= 0.3 is 5.69 Å². The van der Waals surface area contributed by atoms with Crippen LogP contribution in [0.2, 0.25) is 0 Å². The van der Waals surface area contributed by atoms with Gasteiger partial charge in [-0.2, -0.15) is 0 Å². The van der Waals surface area contributed by atoms with Crippen LogP contribution in [0.4, 0.5) is 10.1 Å². The van der Waals surface area contributed by atoms with E-state index in [4.69, 9.17) is 0 Å². The number of rotatable bonds is 6. The van der Waals surface area contributed by atoms with E-state index in [1.807, 2.05) is 24.3 Å². The van der Waals surface area contributed by atoms with Crippen LogP contribution in [-0.2, 0) is 17.8 Å². The van der Waals surface area contributed by atoms with Crippen LogP contribution in [0.3, 0.4) is 0 Å². The normalized spacial score (nSPS) is 11.2. The molecule has 0 spiro atoms. The number of nitrogens with one attached hydrogen (secondary N) is 1. The molecule has 2 aromatic carbocycles. The maximum Gasteiger partial charge on any atom is 0.352 e. The maximum atomic E-state index is 13.4. The maximum absolute atomic E-state index is 13.4. The van der Waals surface area contributed by atoms with Gasteiger partial charge in [0.1, 0.15) is 18.7 Å². The van der Waals surface area contributed by atoms with Crippen molar-refractivity contribution in [3.63, 3.8) is 0 Å². The molecule has 0 saturated heterocycles. The van der Waals surface area contributed by atoms with Gasteiger partial charge in [0.2, 0.25) is 5.91 Å². The van der Waals surface area contributed by atoms with Crippen molar-refractivity contribution in [1.82, 2.24) is 19.2 Å². The number of benzene rings is 2. The zero-order chi connectivity index (χ0) is 20.4. The van der Waals surface area contributed by atoms with Gasteiger partial charge in [0, 0.05) is 17.1 Å². The molecule has 0 fully saturated rings. The number of carbonyl (C=O) groups excluding carboxylic acids is 1. The van der Waals surface area contributed by atoms with Crippen LogP contribution < -0.4 is 11.0 Å². The third-order valence-corrected chi connectivity index (χ3v) is 4.73. The summed E-state index contributed by atoms with van der Waals surface area (Å²) in [6.45, 7) is 1.91. The Morgan fingerprint density at radius 2 is 1.97 bits per heavy atom. The van der Waals surface area contributed by atoms with Gasteiger partial charge in [-0.05, 0) is 42.7 Å². The summed E-state index contributed by atoms with van der Waals surface area (Å²) in [5, 5.41) is 7.56. The lowest BCUT2D eigenvalue weighted by Gasteiger charge is -2.06. The highest BCUT2D eigenvalue weighted by molar-refractivity contribution is 5.92. The van der Waals surface area contributed by atoms with E-state index in [0.717, 1.165) is 23.9 Å². The summed E-state index contributed by atoms with van der Waals surface area (Å²) in [5.41, 5.74) is 2.12. The topological polar surface area (TPSA) is 81.3 Å². The second-order valence-electron chi connectivity index (χ2n) is 6.89. The molecule has 7 nitrogen and oxygen atoms in total. The summed E-state index contributed by atoms with van der Waals surface area (Å²) in [7, 11) is 0. The smallest absolute Gasteiger partial charge is 0.324 e. The number of aryl methyl sites for hydroxylation is 1. The third-order valence-electron chi connectivity index (χ3n) is 4.73. The molecule has 8 heteroatoms. The van der Waals surface area contributed by atoms with Gasteiger partial charge in [0.05, 0.1) is 5.52 Å². The van der Waals surface area contributed by atoms with Gasteiger partial charge in [-0.15, -0.1) is 5.10 Å². The predicted octanol–water partition coefficient (Wildman–Crippen LogP) is 3.16. The van der Waals surface area contributed by atoms with Crippen molar-refractivity contribution in [2.24, 2.45) is 0 Å². The van der Waals surface area contributed by atoms with Gasteiger partial charge in [-0.25, -0.2) is 23.3 Å². The Morgan fingerprint density at radius 1 is 1.17 bits per heavy atom. The molecule has 4 rings (SSSR count). The number of amides is 1. The van der Waals surface area contributed by atoms with Crippen molar-refractivity contribution >= 4 is 28.1 Å². The van der Waals surface area contributed by atoms with Crippen molar-refractivity contribution in [2.45, 2.75) is 32.7 Å². The third kappa shape index (κ3) is 3.87. The number of nitrogens with zero attached hydrogens (tertiary/aromatic N) is 4. The highest BCUT2D eigenvalue weighted by Crippen LogP contribution is 2.16. The zero-order valence-corrected chi connectivity index (χ0v) is 15.9. The fourth-order valence-corrected chi connectivity index (χ4v) is 3.20. The predicted molar refractivity (Wildman–Crippen MR) is 108 cm³/mol.